The van der Waals surface area contributed by atoms with Crippen molar-refractivity contribution in [2.45, 2.75) is 50.7 Å². The summed E-state index contributed by atoms with van der Waals surface area (Å²) in [4.78, 5) is 22.3. The van der Waals surface area contributed by atoms with Crippen molar-refractivity contribution in [3.05, 3.63) is 18.1 Å². The van der Waals surface area contributed by atoms with E-state index < -0.39 is 15.4 Å². The number of carbonyl (C=O) groups is 1. The molecule has 0 aromatic carbocycles. The Labute approximate surface area is 158 Å². The van der Waals surface area contributed by atoms with Crippen LogP contribution in [-0.4, -0.2) is 63.9 Å². The van der Waals surface area contributed by atoms with E-state index in [2.05, 4.69) is 22.0 Å². The normalized spacial score (nSPS) is 21.4. The summed E-state index contributed by atoms with van der Waals surface area (Å²) in [6, 6.07) is 1.54. The van der Waals surface area contributed by atoms with Crippen molar-refractivity contribution in [3.63, 3.8) is 0 Å². The van der Waals surface area contributed by atoms with E-state index in [1.807, 2.05) is 20.8 Å². The van der Waals surface area contributed by atoms with E-state index in [1.54, 1.807) is 9.42 Å². The molecule has 1 saturated heterocycles. The summed E-state index contributed by atoms with van der Waals surface area (Å²) >= 11 is 0. The molecule has 9 nitrogen and oxygen atoms in total. The van der Waals surface area contributed by atoms with Crippen LogP contribution in [-0.2, 0) is 14.6 Å². The van der Waals surface area contributed by atoms with Gasteiger partial charge in [-0.3, -0.25) is 0 Å². The largest absolute Gasteiger partial charge is 0.444 e. The number of hydrogen-bond donors (Lipinski definition) is 0. The SMILES string of the molecule is CC1CCN(C(=O)OC(C)(C)C)CC1c1cc(S(C)(=O)=O)nc2ncnn12. The Hall–Kier alpha value is -2.23. The Balaban J connectivity index is 1.99. The average Bonchev–Trinajstić information content (AvgIpc) is 3.00. The van der Waals surface area contributed by atoms with Crippen LogP contribution in [0.2, 0.25) is 0 Å². The first-order valence-electron chi connectivity index (χ1n) is 8.84. The molecule has 27 heavy (non-hydrogen) atoms. The van der Waals surface area contributed by atoms with Crippen molar-refractivity contribution in [2.75, 3.05) is 19.3 Å². The Kier molecular flexibility index (Phi) is 4.87. The lowest BCUT2D eigenvalue weighted by Gasteiger charge is -2.37. The minimum absolute atomic E-state index is 0.0420. The number of rotatable bonds is 2. The molecule has 1 aliphatic rings. The maximum atomic E-state index is 12.5. The number of aromatic nitrogens is 4. The van der Waals surface area contributed by atoms with Gasteiger partial charge in [-0.25, -0.2) is 17.7 Å². The first-order valence-corrected chi connectivity index (χ1v) is 10.7. The highest BCUT2D eigenvalue weighted by molar-refractivity contribution is 7.90. The molecule has 148 valence electrons. The second-order valence-electron chi connectivity index (χ2n) is 8.06. The van der Waals surface area contributed by atoms with Crippen molar-refractivity contribution in [1.82, 2.24) is 24.5 Å². The third kappa shape index (κ3) is 4.20. The number of piperidine rings is 1. The van der Waals surface area contributed by atoms with Gasteiger partial charge in [0.2, 0.25) is 0 Å². The lowest BCUT2D eigenvalue weighted by Crippen LogP contribution is -2.45. The van der Waals surface area contributed by atoms with Crippen LogP contribution < -0.4 is 0 Å². The maximum Gasteiger partial charge on any atom is 0.410 e. The topological polar surface area (TPSA) is 107 Å². The molecule has 1 amide bonds. The molecule has 2 aromatic heterocycles. The predicted octanol–water partition coefficient (Wildman–Crippen LogP) is 1.89. The number of carbonyl (C=O) groups excluding carboxylic acids is 1. The molecule has 0 spiro atoms. The second kappa shape index (κ2) is 6.74. The smallest absolute Gasteiger partial charge is 0.410 e. The summed E-state index contributed by atoms with van der Waals surface area (Å²) in [6.45, 7) is 8.58. The highest BCUT2D eigenvalue weighted by Gasteiger charge is 2.34. The molecule has 1 fully saturated rings. The summed E-state index contributed by atoms with van der Waals surface area (Å²) in [6.07, 6.45) is 2.86. The lowest BCUT2D eigenvalue weighted by molar-refractivity contribution is 0.0161. The van der Waals surface area contributed by atoms with Crippen molar-refractivity contribution in [2.24, 2.45) is 5.92 Å². The molecule has 2 aromatic rings. The van der Waals surface area contributed by atoms with Crippen molar-refractivity contribution in [1.29, 1.82) is 0 Å². The second-order valence-corrected chi connectivity index (χ2v) is 10.0. The standard InChI is InChI=1S/C17H25N5O4S/c1-11-6-7-21(16(23)26-17(2,3)4)9-12(11)13-8-14(27(5,24)25)20-15-18-10-19-22(13)15/h8,10-12H,6-7,9H2,1-5H3. The summed E-state index contributed by atoms with van der Waals surface area (Å²) < 4.78 is 31.1. The highest BCUT2D eigenvalue weighted by atomic mass is 32.2. The quantitative estimate of drug-likeness (QED) is 0.715. The fourth-order valence-electron chi connectivity index (χ4n) is 3.21. The van der Waals surface area contributed by atoms with E-state index in [0.29, 0.717) is 18.8 Å². The summed E-state index contributed by atoms with van der Waals surface area (Å²) in [7, 11) is -3.50. The number of nitrogens with zero attached hydrogens (tertiary/aromatic N) is 5. The number of hydrogen-bond acceptors (Lipinski definition) is 7. The molecular weight excluding hydrogens is 370 g/mol. The van der Waals surface area contributed by atoms with E-state index in [1.165, 1.54) is 12.4 Å². The monoisotopic (exact) mass is 395 g/mol. The zero-order valence-corrected chi connectivity index (χ0v) is 17.0. The van der Waals surface area contributed by atoms with E-state index in [9.17, 15) is 13.2 Å². The molecule has 2 unspecified atom stereocenters. The number of fused-ring (bicyclic) bond motifs is 1. The van der Waals surface area contributed by atoms with Gasteiger partial charge in [0.25, 0.3) is 5.78 Å². The van der Waals surface area contributed by atoms with Crippen LogP contribution in [0.5, 0.6) is 0 Å². The van der Waals surface area contributed by atoms with E-state index in [0.717, 1.165) is 12.7 Å². The molecule has 2 atom stereocenters. The van der Waals surface area contributed by atoms with Gasteiger partial charge < -0.3 is 9.64 Å². The number of ether oxygens (including phenoxy) is 1. The van der Waals surface area contributed by atoms with Gasteiger partial charge in [-0.15, -0.1) is 0 Å². The van der Waals surface area contributed by atoms with Crippen LogP contribution in [0, 0.1) is 5.92 Å². The van der Waals surface area contributed by atoms with Crippen LogP contribution in [0.3, 0.4) is 0 Å². The zero-order chi connectivity index (χ0) is 20.0. The number of amides is 1. The Morgan fingerprint density at radius 1 is 1.33 bits per heavy atom. The molecule has 0 aliphatic carbocycles. The van der Waals surface area contributed by atoms with E-state index >= 15 is 0 Å². The molecular formula is C17H25N5O4S. The third-order valence-electron chi connectivity index (χ3n) is 4.63. The fourth-order valence-corrected chi connectivity index (χ4v) is 3.80. The molecule has 0 bridgehead atoms. The molecule has 0 saturated carbocycles. The predicted molar refractivity (Wildman–Crippen MR) is 98.2 cm³/mol. The van der Waals surface area contributed by atoms with Crippen LogP contribution in [0.4, 0.5) is 4.79 Å². The molecule has 3 heterocycles. The zero-order valence-electron chi connectivity index (χ0n) is 16.2. The highest BCUT2D eigenvalue weighted by Crippen LogP contribution is 2.33. The van der Waals surface area contributed by atoms with Crippen molar-refractivity contribution >= 4 is 21.7 Å². The van der Waals surface area contributed by atoms with E-state index in [-0.39, 0.29) is 28.7 Å². The number of likely N-dealkylation sites (tertiary alicyclic amines) is 1. The summed E-state index contributed by atoms with van der Waals surface area (Å²) in [5.41, 5.74) is 0.105. The minimum atomic E-state index is -3.50. The van der Waals surface area contributed by atoms with Gasteiger partial charge in [-0.05, 0) is 39.2 Å². The van der Waals surface area contributed by atoms with Gasteiger partial charge in [0.15, 0.2) is 14.9 Å². The van der Waals surface area contributed by atoms with Gasteiger partial charge in [0.1, 0.15) is 11.9 Å². The molecule has 0 radical (unpaired) electrons. The minimum Gasteiger partial charge on any atom is -0.444 e. The first-order chi connectivity index (χ1) is 12.5. The van der Waals surface area contributed by atoms with Crippen LogP contribution in [0.15, 0.2) is 17.4 Å². The van der Waals surface area contributed by atoms with Gasteiger partial charge in [-0.1, -0.05) is 6.92 Å². The molecule has 1 aliphatic heterocycles. The lowest BCUT2D eigenvalue weighted by atomic mass is 9.84. The Morgan fingerprint density at radius 2 is 2.04 bits per heavy atom. The van der Waals surface area contributed by atoms with Crippen molar-refractivity contribution in [3.8, 4) is 0 Å². The van der Waals surface area contributed by atoms with Crippen LogP contribution in [0.25, 0.3) is 5.78 Å². The van der Waals surface area contributed by atoms with Crippen LogP contribution >= 0.6 is 0 Å². The van der Waals surface area contributed by atoms with Crippen LogP contribution in [0.1, 0.15) is 45.7 Å². The molecule has 3 rings (SSSR count). The summed E-state index contributed by atoms with van der Waals surface area (Å²) in [5.74, 6) is 0.347. The maximum absolute atomic E-state index is 12.5. The fraction of sp³-hybridized carbons (Fsp3) is 0.647. The Morgan fingerprint density at radius 3 is 2.67 bits per heavy atom. The first kappa shape index (κ1) is 19.5. The molecule has 10 heteroatoms. The van der Waals surface area contributed by atoms with E-state index in [4.69, 9.17) is 4.74 Å². The third-order valence-corrected chi connectivity index (χ3v) is 5.59. The van der Waals surface area contributed by atoms with Crippen molar-refractivity contribution < 1.29 is 17.9 Å². The van der Waals surface area contributed by atoms with Gasteiger partial charge in [0.05, 0.1) is 5.69 Å². The Bertz CT molecular complexity index is 963. The summed E-state index contributed by atoms with van der Waals surface area (Å²) in [5, 5.41) is 4.15. The number of sulfone groups is 1. The van der Waals surface area contributed by atoms with Gasteiger partial charge >= 0.3 is 6.09 Å². The van der Waals surface area contributed by atoms with Gasteiger partial charge in [0, 0.05) is 25.3 Å². The van der Waals surface area contributed by atoms with Gasteiger partial charge in [-0.2, -0.15) is 15.1 Å². The average molecular weight is 395 g/mol. The molecule has 0 N–H and O–H groups in total.